The standard InChI is InChI=1S/C8H7F2N3/c9-8(10)5-13-7-4-2-1-3-6(7)11-12-13/h1-4,8H,5H2. The number of para-hydroxylation sites is 1. The molecule has 2 aromatic rings. The van der Waals surface area contributed by atoms with Gasteiger partial charge < -0.3 is 0 Å². The zero-order valence-electron chi connectivity index (χ0n) is 6.69. The first-order valence-electron chi connectivity index (χ1n) is 3.84. The molecule has 0 N–H and O–H groups in total. The molecule has 0 saturated heterocycles. The molecule has 0 radical (unpaired) electrons. The molecule has 1 aromatic carbocycles. The molecular weight excluding hydrogens is 176 g/mol. The van der Waals surface area contributed by atoms with Crippen LogP contribution in [0.15, 0.2) is 24.3 Å². The fourth-order valence-corrected chi connectivity index (χ4v) is 1.18. The zero-order chi connectivity index (χ0) is 9.26. The van der Waals surface area contributed by atoms with E-state index < -0.39 is 13.0 Å². The maximum Gasteiger partial charge on any atom is 0.258 e. The van der Waals surface area contributed by atoms with Crippen LogP contribution in [0.3, 0.4) is 0 Å². The van der Waals surface area contributed by atoms with Gasteiger partial charge >= 0.3 is 0 Å². The third-order valence-corrected chi connectivity index (χ3v) is 1.73. The highest BCUT2D eigenvalue weighted by atomic mass is 19.3. The van der Waals surface area contributed by atoms with Crippen LogP contribution in [0.4, 0.5) is 8.78 Å². The van der Waals surface area contributed by atoms with Gasteiger partial charge in [-0.15, -0.1) is 5.10 Å². The average Bonchev–Trinajstić information content (AvgIpc) is 2.48. The molecule has 0 spiro atoms. The van der Waals surface area contributed by atoms with Gasteiger partial charge in [0.05, 0.1) is 5.52 Å². The lowest BCUT2D eigenvalue weighted by atomic mass is 10.3. The molecule has 0 atom stereocenters. The minimum atomic E-state index is -2.40. The summed E-state index contributed by atoms with van der Waals surface area (Å²) in [6.07, 6.45) is -2.40. The second-order valence-corrected chi connectivity index (χ2v) is 2.65. The molecular formula is C8H7F2N3. The van der Waals surface area contributed by atoms with Gasteiger partial charge in [0.2, 0.25) is 0 Å². The van der Waals surface area contributed by atoms with Crippen LogP contribution >= 0.6 is 0 Å². The Bertz CT molecular complexity index is 410. The Balaban J connectivity index is 2.46. The fraction of sp³-hybridized carbons (Fsp3) is 0.250. The summed E-state index contributed by atoms with van der Waals surface area (Å²) in [5.74, 6) is 0. The number of alkyl halides is 2. The molecule has 0 aliphatic carbocycles. The van der Waals surface area contributed by atoms with Crippen LogP contribution in [0.2, 0.25) is 0 Å². The summed E-state index contributed by atoms with van der Waals surface area (Å²) in [5, 5.41) is 7.37. The number of nitrogens with zero attached hydrogens (tertiary/aromatic N) is 3. The van der Waals surface area contributed by atoms with Gasteiger partial charge in [0.1, 0.15) is 12.1 Å². The van der Waals surface area contributed by atoms with Crippen molar-refractivity contribution in [2.24, 2.45) is 0 Å². The van der Waals surface area contributed by atoms with E-state index in [4.69, 9.17) is 0 Å². The smallest absolute Gasteiger partial charge is 0.239 e. The lowest BCUT2D eigenvalue weighted by molar-refractivity contribution is 0.122. The highest BCUT2D eigenvalue weighted by Crippen LogP contribution is 2.10. The quantitative estimate of drug-likeness (QED) is 0.709. The van der Waals surface area contributed by atoms with Crippen LogP contribution in [-0.2, 0) is 6.54 Å². The van der Waals surface area contributed by atoms with Gasteiger partial charge in [-0.1, -0.05) is 17.3 Å². The summed E-state index contributed by atoms with van der Waals surface area (Å²) in [7, 11) is 0. The van der Waals surface area contributed by atoms with Crippen LogP contribution in [0.5, 0.6) is 0 Å². The Hall–Kier alpha value is -1.52. The van der Waals surface area contributed by atoms with Crippen molar-refractivity contribution in [3.63, 3.8) is 0 Å². The molecule has 13 heavy (non-hydrogen) atoms. The summed E-state index contributed by atoms with van der Waals surface area (Å²) < 4.78 is 25.3. The molecule has 1 heterocycles. The predicted molar refractivity (Wildman–Crippen MR) is 43.5 cm³/mol. The molecule has 0 fully saturated rings. The highest BCUT2D eigenvalue weighted by molar-refractivity contribution is 5.73. The molecule has 0 aliphatic rings. The first kappa shape index (κ1) is 8.10. The van der Waals surface area contributed by atoms with Crippen molar-refractivity contribution in [1.29, 1.82) is 0 Å². The Kier molecular flexibility index (Phi) is 1.92. The van der Waals surface area contributed by atoms with E-state index in [2.05, 4.69) is 10.3 Å². The normalized spacial score (nSPS) is 11.3. The summed E-state index contributed by atoms with van der Waals surface area (Å²) >= 11 is 0. The summed E-state index contributed by atoms with van der Waals surface area (Å²) in [5.41, 5.74) is 1.28. The Labute approximate surface area is 73.0 Å². The van der Waals surface area contributed by atoms with E-state index in [-0.39, 0.29) is 0 Å². The van der Waals surface area contributed by atoms with Gasteiger partial charge in [0.15, 0.2) is 0 Å². The Morgan fingerprint density at radius 3 is 2.85 bits per heavy atom. The molecule has 0 saturated carbocycles. The average molecular weight is 183 g/mol. The Morgan fingerprint density at radius 2 is 2.08 bits per heavy atom. The van der Waals surface area contributed by atoms with Crippen molar-refractivity contribution in [2.45, 2.75) is 13.0 Å². The van der Waals surface area contributed by atoms with Crippen molar-refractivity contribution in [2.75, 3.05) is 0 Å². The maximum absolute atomic E-state index is 12.0. The van der Waals surface area contributed by atoms with Gasteiger partial charge in [-0.05, 0) is 12.1 Å². The number of benzene rings is 1. The first-order valence-corrected chi connectivity index (χ1v) is 3.84. The van der Waals surface area contributed by atoms with Crippen molar-refractivity contribution in [1.82, 2.24) is 15.0 Å². The van der Waals surface area contributed by atoms with Gasteiger partial charge in [0, 0.05) is 0 Å². The third-order valence-electron chi connectivity index (χ3n) is 1.73. The lowest BCUT2D eigenvalue weighted by Crippen LogP contribution is -2.07. The van der Waals surface area contributed by atoms with Crippen molar-refractivity contribution < 1.29 is 8.78 Å². The second-order valence-electron chi connectivity index (χ2n) is 2.65. The van der Waals surface area contributed by atoms with Crippen LogP contribution in [0.1, 0.15) is 0 Å². The topological polar surface area (TPSA) is 30.7 Å². The van der Waals surface area contributed by atoms with Crippen LogP contribution in [-0.4, -0.2) is 21.4 Å². The van der Waals surface area contributed by atoms with Crippen molar-refractivity contribution >= 4 is 11.0 Å². The first-order chi connectivity index (χ1) is 6.27. The second kappa shape index (κ2) is 3.08. The maximum atomic E-state index is 12.0. The van der Waals surface area contributed by atoms with Crippen molar-refractivity contribution in [3.05, 3.63) is 24.3 Å². The lowest BCUT2D eigenvalue weighted by Gasteiger charge is -1.99. The van der Waals surface area contributed by atoms with Gasteiger partial charge in [-0.3, -0.25) is 0 Å². The van der Waals surface area contributed by atoms with Gasteiger partial charge in [-0.25, -0.2) is 13.5 Å². The van der Waals surface area contributed by atoms with Gasteiger partial charge in [-0.2, -0.15) is 0 Å². The highest BCUT2D eigenvalue weighted by Gasteiger charge is 2.08. The SMILES string of the molecule is FC(F)Cn1nnc2ccccc21. The molecule has 5 heteroatoms. The molecule has 2 rings (SSSR count). The zero-order valence-corrected chi connectivity index (χ0v) is 6.69. The van der Waals surface area contributed by atoms with E-state index in [9.17, 15) is 8.78 Å². The third kappa shape index (κ3) is 1.49. The van der Waals surface area contributed by atoms with Gasteiger partial charge in [0.25, 0.3) is 6.43 Å². The van der Waals surface area contributed by atoms with E-state index in [0.717, 1.165) is 0 Å². The minimum Gasteiger partial charge on any atom is -0.239 e. The van der Waals surface area contributed by atoms with Crippen LogP contribution < -0.4 is 0 Å². The number of rotatable bonds is 2. The molecule has 0 bridgehead atoms. The van der Waals surface area contributed by atoms with Crippen LogP contribution in [0, 0.1) is 0 Å². The predicted octanol–water partition coefficient (Wildman–Crippen LogP) is 1.70. The van der Waals surface area contributed by atoms with E-state index in [1.165, 1.54) is 4.68 Å². The number of hydrogen-bond acceptors (Lipinski definition) is 2. The van der Waals surface area contributed by atoms with E-state index >= 15 is 0 Å². The minimum absolute atomic E-state index is 0.402. The largest absolute Gasteiger partial charge is 0.258 e. The number of fused-ring (bicyclic) bond motifs is 1. The molecule has 1 aromatic heterocycles. The Morgan fingerprint density at radius 1 is 1.31 bits per heavy atom. The molecule has 68 valence electrons. The monoisotopic (exact) mass is 183 g/mol. The van der Waals surface area contributed by atoms with E-state index in [1.54, 1.807) is 24.3 Å². The molecule has 3 nitrogen and oxygen atoms in total. The molecule has 0 aliphatic heterocycles. The fourth-order valence-electron chi connectivity index (χ4n) is 1.18. The van der Waals surface area contributed by atoms with E-state index in [0.29, 0.717) is 11.0 Å². The number of aromatic nitrogens is 3. The summed E-state index contributed by atoms with van der Waals surface area (Å²) in [6.45, 7) is -0.402. The van der Waals surface area contributed by atoms with E-state index in [1.807, 2.05) is 0 Å². The molecule has 0 amide bonds. The van der Waals surface area contributed by atoms with Crippen LogP contribution in [0.25, 0.3) is 11.0 Å². The number of hydrogen-bond donors (Lipinski definition) is 0. The molecule has 0 unspecified atom stereocenters. The summed E-state index contributed by atoms with van der Waals surface area (Å²) in [6, 6.07) is 7.03. The van der Waals surface area contributed by atoms with Crippen molar-refractivity contribution in [3.8, 4) is 0 Å². The summed E-state index contributed by atoms with van der Waals surface area (Å²) in [4.78, 5) is 0. The number of halogens is 2.